The zero-order valence-corrected chi connectivity index (χ0v) is 90.4. The lowest BCUT2D eigenvalue weighted by Gasteiger charge is -2.21. The zero-order valence-electron chi connectivity index (χ0n) is 85.5. The Morgan fingerprint density at radius 3 is 1.13 bits per heavy atom. The van der Waals surface area contributed by atoms with E-state index in [2.05, 4.69) is 255 Å². The number of nitrogens with zero attached hydrogens (tertiary/aromatic N) is 25. The van der Waals surface area contributed by atoms with Crippen molar-refractivity contribution in [3.8, 4) is 0 Å². The molecule has 770 valence electrons. The molecule has 0 unspecified atom stereocenters. The maximum atomic E-state index is 5.10. The molecule has 0 saturated carbocycles. The van der Waals surface area contributed by atoms with Gasteiger partial charge in [0.05, 0.1) is 89.7 Å². The first-order valence-electron chi connectivity index (χ1n) is 46.3. The minimum atomic E-state index is 0.597. The van der Waals surface area contributed by atoms with Gasteiger partial charge in [0, 0.05) is 194 Å². The number of rotatable bonds is 0. The van der Waals surface area contributed by atoms with E-state index in [1.165, 1.54) is 152 Å². The summed E-state index contributed by atoms with van der Waals surface area (Å²) in [6.07, 6.45) is 45.1. The van der Waals surface area contributed by atoms with Crippen molar-refractivity contribution in [2.75, 3.05) is 406 Å². The van der Waals surface area contributed by atoms with Crippen molar-refractivity contribution in [2.45, 2.75) is 57.8 Å². The number of hydrazine groups is 1. The van der Waals surface area contributed by atoms with Crippen molar-refractivity contribution < 1.29 is 32.8 Å². The topological polar surface area (TPSA) is 254 Å². The van der Waals surface area contributed by atoms with Gasteiger partial charge >= 0.3 is 0 Å². The summed E-state index contributed by atoms with van der Waals surface area (Å²) in [5.74, 6) is 9.50. The molecule has 38 nitrogen and oxygen atoms in total. The van der Waals surface area contributed by atoms with Crippen LogP contribution in [0, 0.1) is 0 Å². The Kier molecular flexibility index (Phi) is 86.4. The Hall–Kier alpha value is -4.16. The lowest BCUT2D eigenvalue weighted by molar-refractivity contribution is 0.0503. The quantitative estimate of drug-likeness (QED) is 0.0790. The first kappa shape index (κ1) is 126. The molecule has 44 heteroatoms. The van der Waals surface area contributed by atoms with Crippen LogP contribution in [0.15, 0.2) is 118 Å². The maximum absolute atomic E-state index is 5.10. The second kappa shape index (κ2) is 90.7. The molecule has 12 fully saturated rings. The van der Waals surface area contributed by atoms with Gasteiger partial charge in [-0.05, 0) is 213 Å². The Morgan fingerprint density at radius 2 is 0.947 bits per heavy atom. The molecule has 12 saturated heterocycles. The third kappa shape index (κ3) is 88.5. The average molecular weight is 1980 g/mol. The number of piperidine rings is 2. The smallest absolute Gasteiger partial charge is 0.190 e. The predicted octanol–water partition coefficient (Wildman–Crippen LogP) is 7.31. The van der Waals surface area contributed by atoms with Crippen molar-refractivity contribution in [2.24, 2.45) is 19.8 Å². The largest absolute Gasteiger partial charge is 0.479 e. The summed E-state index contributed by atoms with van der Waals surface area (Å²) in [4.78, 5) is 54.5. The molecular formula is C88H185N31O7S6. The molecular weight excluding hydrogens is 1800 g/mol. The van der Waals surface area contributed by atoms with E-state index in [1.54, 1.807) is 49.0 Å². The van der Waals surface area contributed by atoms with Crippen molar-refractivity contribution >= 4 is 83.9 Å². The highest BCUT2D eigenvalue weighted by Gasteiger charge is 2.12. The van der Waals surface area contributed by atoms with Gasteiger partial charge in [-0.3, -0.25) is 53.1 Å². The first-order chi connectivity index (χ1) is 63.8. The predicted molar refractivity (Wildman–Crippen MR) is 566 cm³/mol. The van der Waals surface area contributed by atoms with Crippen LogP contribution in [0.3, 0.4) is 0 Å². The van der Waals surface area contributed by atoms with E-state index in [4.69, 9.17) is 28.0 Å². The fourth-order valence-electron chi connectivity index (χ4n) is 10.9. The second-order valence-electron chi connectivity index (χ2n) is 34.0. The minimum absolute atomic E-state index is 0.597. The Bertz CT molecular complexity index is 2430. The molecule has 21 aliphatic heterocycles. The molecule has 21 aliphatic rings. The lowest BCUT2D eigenvalue weighted by Crippen LogP contribution is -2.32. The SMILES string of the molecule is CN1C=CCC=C1.CN1C=CNC1.CN1C=COC1.CN1C=COC=C1.CN1C=CSC1.CN1C=NOC1.CN1C=NSC1.CN1CC=CC1.CN1CCCC1.CN1CCCCC1.CN1CCCCC1.CN1CCNC1.CN1CCOC1.CN1CCOCC1.CN1CCSC1.CN1CCSCC1.CN1CN=NC1.CN1CNNC1.CN1CNOC1.CN1CNSC1.CN1COSC1. The van der Waals surface area contributed by atoms with Crippen LogP contribution in [0.25, 0.3) is 0 Å². The number of allylic oxidation sites excluding steroid dienone is 2. The van der Waals surface area contributed by atoms with Gasteiger partial charge in [0.15, 0.2) is 13.5 Å². The number of nitrogens with one attached hydrogen (secondary N) is 6. The van der Waals surface area contributed by atoms with Gasteiger partial charge in [0.25, 0.3) is 0 Å². The summed E-state index contributed by atoms with van der Waals surface area (Å²) in [5.41, 5.74) is 8.59. The number of likely N-dealkylation sites (N-methyl/N-ethyl adjacent to an activating group) is 4. The van der Waals surface area contributed by atoms with Crippen LogP contribution in [0.1, 0.15) is 57.8 Å². The third-order valence-electron chi connectivity index (χ3n) is 19.5. The minimum Gasteiger partial charge on any atom is -0.479 e. The molecule has 0 amide bonds. The summed E-state index contributed by atoms with van der Waals surface area (Å²) in [6, 6.07) is 0. The molecule has 0 spiro atoms. The number of hydrogen-bond acceptors (Lipinski definition) is 44. The number of hydroxylamine groups is 1. The Balaban J connectivity index is 0.000000693. The van der Waals surface area contributed by atoms with Gasteiger partial charge in [0.1, 0.15) is 51.9 Å². The van der Waals surface area contributed by atoms with Gasteiger partial charge in [-0.25, -0.2) is 20.0 Å². The number of azo groups is 1. The van der Waals surface area contributed by atoms with Crippen molar-refractivity contribution in [3.05, 3.63) is 98.1 Å². The van der Waals surface area contributed by atoms with E-state index in [-0.39, 0.29) is 0 Å². The van der Waals surface area contributed by atoms with Gasteiger partial charge in [0.2, 0.25) is 0 Å². The highest BCUT2D eigenvalue weighted by molar-refractivity contribution is 8.02. The molecule has 0 bridgehead atoms. The van der Waals surface area contributed by atoms with E-state index in [0.717, 1.165) is 156 Å². The van der Waals surface area contributed by atoms with E-state index in [1.807, 2.05) is 173 Å². The van der Waals surface area contributed by atoms with E-state index < -0.39 is 0 Å². The summed E-state index contributed by atoms with van der Waals surface area (Å²) >= 11 is 10.7. The molecule has 21 rings (SSSR count). The van der Waals surface area contributed by atoms with E-state index in [9.17, 15) is 0 Å². The Morgan fingerprint density at radius 1 is 0.364 bits per heavy atom. The molecule has 0 aromatic rings. The van der Waals surface area contributed by atoms with Gasteiger partial charge in [-0.2, -0.15) is 27.5 Å². The summed E-state index contributed by atoms with van der Waals surface area (Å²) in [6.45, 7) is 33.4. The van der Waals surface area contributed by atoms with Crippen LogP contribution >= 0.6 is 71.2 Å². The van der Waals surface area contributed by atoms with Gasteiger partial charge in [-0.1, -0.05) is 54.2 Å². The fourth-order valence-corrected chi connectivity index (χ4v) is 15.5. The summed E-state index contributed by atoms with van der Waals surface area (Å²) in [7, 11) is 43.3. The van der Waals surface area contributed by atoms with Crippen molar-refractivity contribution in [3.63, 3.8) is 0 Å². The van der Waals surface area contributed by atoms with Gasteiger partial charge < -0.3 is 93.2 Å². The number of morpholine rings is 1. The molecule has 0 aliphatic carbocycles. The first-order valence-corrected chi connectivity index (χ1v) is 52.5. The molecule has 21 heterocycles. The number of thioether (sulfide) groups is 3. The third-order valence-corrected chi connectivity index (χ3v) is 24.9. The maximum Gasteiger partial charge on any atom is 0.190 e. The summed E-state index contributed by atoms with van der Waals surface area (Å²) in [5, 5.41) is 19.2. The Labute approximate surface area is 827 Å². The number of oxime groups is 1. The second-order valence-corrected chi connectivity index (χ2v) is 39.5. The molecule has 0 aromatic heterocycles. The monoisotopic (exact) mass is 1980 g/mol. The molecule has 0 radical (unpaired) electrons. The van der Waals surface area contributed by atoms with E-state index in [0.29, 0.717) is 20.2 Å². The van der Waals surface area contributed by atoms with Crippen LogP contribution in [-0.4, -0.2) is 522 Å². The van der Waals surface area contributed by atoms with Crippen LogP contribution in [0.4, 0.5) is 0 Å². The molecule has 0 atom stereocenters. The van der Waals surface area contributed by atoms with Crippen LogP contribution in [0.5, 0.6) is 0 Å². The summed E-state index contributed by atoms with van der Waals surface area (Å²) < 4.78 is 31.5. The van der Waals surface area contributed by atoms with Crippen LogP contribution in [0.2, 0.25) is 0 Å². The molecule has 6 N–H and O–H groups in total. The fraction of sp³-hybridized carbons (Fsp3) is 0.795. The lowest BCUT2D eigenvalue weighted by atomic mass is 10.1. The van der Waals surface area contributed by atoms with Crippen molar-refractivity contribution in [1.29, 1.82) is 0 Å². The van der Waals surface area contributed by atoms with Crippen LogP contribution < -0.4 is 31.7 Å². The zero-order chi connectivity index (χ0) is 96.8. The number of hydrogen-bond donors (Lipinski definition) is 6. The van der Waals surface area contributed by atoms with E-state index >= 15 is 0 Å². The number of likely N-dealkylation sites (tertiary alicyclic amines) is 3. The van der Waals surface area contributed by atoms with Crippen molar-refractivity contribution in [1.82, 2.24) is 135 Å². The normalized spacial score (nSPS) is 22.9. The molecule has 0 aromatic carbocycles. The van der Waals surface area contributed by atoms with Gasteiger partial charge in [-0.15, -0.1) is 23.5 Å². The highest BCUT2D eigenvalue weighted by atomic mass is 32.2. The molecule has 132 heavy (non-hydrogen) atoms. The van der Waals surface area contributed by atoms with Crippen LogP contribution in [-0.2, 0) is 32.8 Å². The standard InChI is InChI=1S/2C6H13N.C6H9N.C5H11NO.C5H7NO.C5H11NS.C5H11N.C5H9N.C4H10N2.C4H8N2.C4H9NO.C4H7NO.C4H9NS.C4H7NS.C3H9N3.C3H7N3.C3H8N2O.C3H6N2O.C3H8N2S.C3H6N2S.C3H7NOS/c3*1-7-5-3-2-4-6-7;3*1-6-2-4-7-5-3-6;2*1-6-4-2-3-5-6;2*1-6-3-2-5-4-6;4*1-5-2-3-6-4-5;2*1-6-2-4-5-3-6;4*1-5-2-4-6-3-5;1-4-2-5-6-3-4/h2*2-6H2,1H3;3-6H,2H2,1H3;2-5H2,1H3;2-5H,1H3;2-5H2,1H3;2-5H2,1H3;2-3H,4-5H2,1H3;5H,2-4H2,1H3;2-3,5H,4H2,1H3;2-4H2,1H3;2-3H,4H2,1H3;2-4H2,1H3;2-3H,4H2,1H3;4-5H,2-3H2,1H3;2-3H2,1H3;4H,2-3H2,1H3;2H,3H2,1H3;4H,2-3H2,1H3;2H,3H2,1H3;2-3H2,1H3. The average Bonchev–Trinajstić information content (AvgIpc) is 2.03. The highest BCUT2D eigenvalue weighted by Crippen LogP contribution is 2.14. The number of ether oxygens (including phenoxy) is 4.